The standard InChI is InChI=1S/C13H22F2N2O2/c1-2-9(4-3-5-11(16)12(18)19)8-17-10-6-13(14,15)7-10/h9-10,16-17H,2-8H2,1H3,(H,18,19). The fraction of sp³-hybridized carbons (Fsp3) is 0.846. The normalized spacial score (nSPS) is 19.7. The van der Waals surface area contributed by atoms with Crippen LogP contribution in [-0.4, -0.2) is 35.3 Å². The molecule has 1 rings (SSSR count). The monoisotopic (exact) mass is 276 g/mol. The van der Waals surface area contributed by atoms with E-state index in [2.05, 4.69) is 5.32 Å². The third kappa shape index (κ3) is 5.63. The summed E-state index contributed by atoms with van der Waals surface area (Å²) in [5.74, 6) is -3.30. The molecule has 110 valence electrons. The molecule has 1 atom stereocenters. The van der Waals surface area contributed by atoms with E-state index in [-0.39, 0.29) is 31.0 Å². The Morgan fingerprint density at radius 2 is 2.16 bits per heavy atom. The van der Waals surface area contributed by atoms with E-state index in [1.165, 1.54) is 0 Å². The van der Waals surface area contributed by atoms with Gasteiger partial charge in [-0.2, -0.15) is 0 Å². The molecule has 1 aliphatic rings. The maximum atomic E-state index is 12.6. The molecule has 0 radical (unpaired) electrons. The van der Waals surface area contributed by atoms with Gasteiger partial charge in [0, 0.05) is 18.9 Å². The lowest BCUT2D eigenvalue weighted by Gasteiger charge is -2.36. The molecule has 1 unspecified atom stereocenters. The molecular weight excluding hydrogens is 254 g/mol. The predicted molar refractivity (Wildman–Crippen MR) is 69.0 cm³/mol. The van der Waals surface area contributed by atoms with Gasteiger partial charge in [0.15, 0.2) is 0 Å². The number of aliphatic carboxylic acids is 1. The van der Waals surface area contributed by atoms with Gasteiger partial charge in [-0.25, -0.2) is 13.6 Å². The van der Waals surface area contributed by atoms with Gasteiger partial charge in [0.05, 0.1) is 0 Å². The molecule has 3 N–H and O–H groups in total. The van der Waals surface area contributed by atoms with Crippen LogP contribution in [0.5, 0.6) is 0 Å². The van der Waals surface area contributed by atoms with E-state index in [1.54, 1.807) is 0 Å². The summed E-state index contributed by atoms with van der Waals surface area (Å²) in [6.07, 6.45) is 2.53. The van der Waals surface area contributed by atoms with Gasteiger partial charge in [0.25, 0.3) is 5.92 Å². The van der Waals surface area contributed by atoms with Crippen LogP contribution in [0.25, 0.3) is 0 Å². The number of carboxylic acids is 1. The van der Waals surface area contributed by atoms with Crippen molar-refractivity contribution in [1.29, 1.82) is 5.41 Å². The van der Waals surface area contributed by atoms with Crippen LogP contribution in [0.2, 0.25) is 0 Å². The molecule has 0 aromatic carbocycles. The third-order valence-electron chi connectivity index (χ3n) is 3.66. The van der Waals surface area contributed by atoms with Crippen LogP contribution in [0.3, 0.4) is 0 Å². The first-order chi connectivity index (χ1) is 8.84. The number of nitrogens with one attached hydrogen (secondary N) is 2. The summed E-state index contributed by atoms with van der Waals surface area (Å²) < 4.78 is 25.3. The minimum absolute atomic E-state index is 0.0763. The summed E-state index contributed by atoms with van der Waals surface area (Å²) in [6, 6.07) is -0.0821. The Kier molecular flexibility index (Phi) is 5.85. The molecule has 6 heteroatoms. The zero-order chi connectivity index (χ0) is 14.5. The van der Waals surface area contributed by atoms with E-state index >= 15 is 0 Å². The van der Waals surface area contributed by atoms with Crippen LogP contribution in [-0.2, 0) is 4.79 Å². The first-order valence-electron chi connectivity index (χ1n) is 6.76. The van der Waals surface area contributed by atoms with Gasteiger partial charge in [-0.15, -0.1) is 0 Å². The second-order valence-corrected chi connectivity index (χ2v) is 5.32. The Morgan fingerprint density at radius 1 is 1.53 bits per heavy atom. The third-order valence-corrected chi connectivity index (χ3v) is 3.66. The molecule has 0 aromatic heterocycles. The molecule has 0 heterocycles. The van der Waals surface area contributed by atoms with Crippen molar-refractivity contribution in [3.8, 4) is 0 Å². The Balaban J connectivity index is 2.13. The zero-order valence-corrected chi connectivity index (χ0v) is 11.2. The molecule has 1 aliphatic carbocycles. The Hall–Kier alpha value is -1.04. The number of rotatable bonds is 9. The molecule has 4 nitrogen and oxygen atoms in total. The smallest absolute Gasteiger partial charge is 0.349 e. The van der Waals surface area contributed by atoms with Crippen molar-refractivity contribution in [2.24, 2.45) is 5.92 Å². The van der Waals surface area contributed by atoms with Gasteiger partial charge >= 0.3 is 5.97 Å². The van der Waals surface area contributed by atoms with E-state index < -0.39 is 11.9 Å². The van der Waals surface area contributed by atoms with Crippen molar-refractivity contribution in [2.75, 3.05) is 6.54 Å². The van der Waals surface area contributed by atoms with Crippen molar-refractivity contribution in [3.63, 3.8) is 0 Å². The molecule has 19 heavy (non-hydrogen) atoms. The van der Waals surface area contributed by atoms with E-state index in [0.29, 0.717) is 18.9 Å². The summed E-state index contributed by atoms with van der Waals surface area (Å²) in [5, 5.41) is 18.9. The van der Waals surface area contributed by atoms with Gasteiger partial charge in [0.2, 0.25) is 0 Å². The Morgan fingerprint density at radius 3 is 2.63 bits per heavy atom. The fourth-order valence-electron chi connectivity index (χ4n) is 2.26. The van der Waals surface area contributed by atoms with Gasteiger partial charge in [-0.05, 0) is 31.7 Å². The van der Waals surface area contributed by atoms with Gasteiger partial charge < -0.3 is 10.4 Å². The SMILES string of the molecule is CCC(CCCC(=N)C(=O)O)CNC1CC(F)(F)C1. The van der Waals surface area contributed by atoms with E-state index in [0.717, 1.165) is 12.8 Å². The summed E-state index contributed by atoms with van der Waals surface area (Å²) in [5.41, 5.74) is -0.263. The summed E-state index contributed by atoms with van der Waals surface area (Å²) in [7, 11) is 0. The van der Waals surface area contributed by atoms with Gasteiger partial charge in [-0.3, -0.25) is 5.41 Å². The molecule has 0 aliphatic heterocycles. The van der Waals surface area contributed by atoms with Crippen molar-refractivity contribution < 1.29 is 18.7 Å². The Bertz CT molecular complexity index is 327. The predicted octanol–water partition coefficient (Wildman–Crippen LogP) is 2.67. The molecule has 0 saturated heterocycles. The van der Waals surface area contributed by atoms with Crippen LogP contribution >= 0.6 is 0 Å². The highest BCUT2D eigenvalue weighted by molar-refractivity contribution is 6.34. The minimum atomic E-state index is -2.49. The van der Waals surface area contributed by atoms with Crippen LogP contribution in [0.15, 0.2) is 0 Å². The van der Waals surface area contributed by atoms with Crippen molar-refractivity contribution in [1.82, 2.24) is 5.32 Å². The van der Waals surface area contributed by atoms with Crippen molar-refractivity contribution in [2.45, 2.75) is 57.4 Å². The maximum absolute atomic E-state index is 12.6. The highest BCUT2D eigenvalue weighted by Gasteiger charge is 2.44. The number of carboxylic acid groups (broad SMARTS) is 1. The van der Waals surface area contributed by atoms with Crippen LogP contribution < -0.4 is 5.32 Å². The number of alkyl halides is 2. The highest BCUT2D eigenvalue weighted by Crippen LogP contribution is 2.37. The average Bonchev–Trinajstić information content (AvgIpc) is 2.30. The fourth-order valence-corrected chi connectivity index (χ4v) is 2.26. The zero-order valence-electron chi connectivity index (χ0n) is 11.2. The lowest BCUT2D eigenvalue weighted by Crippen LogP contribution is -2.49. The largest absolute Gasteiger partial charge is 0.477 e. The Labute approximate surface area is 112 Å². The molecule has 0 bridgehead atoms. The van der Waals surface area contributed by atoms with E-state index in [4.69, 9.17) is 10.5 Å². The summed E-state index contributed by atoms with van der Waals surface area (Å²) in [4.78, 5) is 10.5. The number of hydrogen-bond donors (Lipinski definition) is 3. The van der Waals surface area contributed by atoms with Crippen molar-refractivity contribution in [3.05, 3.63) is 0 Å². The molecule has 0 spiro atoms. The van der Waals surface area contributed by atoms with E-state index in [1.807, 2.05) is 6.92 Å². The quantitative estimate of drug-likeness (QED) is 0.567. The topological polar surface area (TPSA) is 73.2 Å². The van der Waals surface area contributed by atoms with Crippen LogP contribution in [0.1, 0.15) is 45.4 Å². The highest BCUT2D eigenvalue weighted by atomic mass is 19.3. The number of halogens is 2. The first-order valence-corrected chi connectivity index (χ1v) is 6.76. The summed E-state index contributed by atoms with van der Waals surface area (Å²) in [6.45, 7) is 2.72. The lowest BCUT2D eigenvalue weighted by atomic mass is 9.87. The van der Waals surface area contributed by atoms with Crippen LogP contribution in [0.4, 0.5) is 8.78 Å². The minimum Gasteiger partial charge on any atom is -0.477 e. The number of hydrogen-bond acceptors (Lipinski definition) is 3. The second-order valence-electron chi connectivity index (χ2n) is 5.32. The number of carbonyl (C=O) groups is 1. The maximum Gasteiger partial charge on any atom is 0.349 e. The molecule has 1 fully saturated rings. The van der Waals surface area contributed by atoms with E-state index in [9.17, 15) is 13.6 Å². The molecule has 0 amide bonds. The molecule has 1 saturated carbocycles. The van der Waals surface area contributed by atoms with Crippen LogP contribution in [0, 0.1) is 11.3 Å². The molecule has 0 aromatic rings. The average molecular weight is 276 g/mol. The first kappa shape index (κ1) is 16.0. The van der Waals surface area contributed by atoms with Crippen molar-refractivity contribution >= 4 is 11.7 Å². The lowest BCUT2D eigenvalue weighted by molar-refractivity contribution is -0.129. The van der Waals surface area contributed by atoms with Gasteiger partial charge in [-0.1, -0.05) is 13.3 Å². The second kappa shape index (κ2) is 6.93. The summed E-state index contributed by atoms with van der Waals surface area (Å²) >= 11 is 0. The molecular formula is C13H22F2N2O2. The van der Waals surface area contributed by atoms with Gasteiger partial charge in [0.1, 0.15) is 5.71 Å².